The average Bonchev–Trinajstić information content (AvgIpc) is 2.41. The van der Waals surface area contributed by atoms with Crippen molar-refractivity contribution in [2.75, 3.05) is 13.2 Å². The van der Waals surface area contributed by atoms with Crippen LogP contribution in [0.25, 0.3) is 0 Å². The van der Waals surface area contributed by atoms with E-state index in [0.29, 0.717) is 28.5 Å². The summed E-state index contributed by atoms with van der Waals surface area (Å²) in [6, 6.07) is 3.68. The van der Waals surface area contributed by atoms with Crippen molar-refractivity contribution >= 4 is 23.2 Å². The van der Waals surface area contributed by atoms with Crippen molar-refractivity contribution in [2.24, 2.45) is 11.8 Å². The lowest BCUT2D eigenvalue weighted by Gasteiger charge is -2.18. The first-order chi connectivity index (χ1) is 9.97. The number of benzene rings is 1. The molecule has 2 nitrogen and oxygen atoms in total. The van der Waals surface area contributed by atoms with E-state index in [4.69, 9.17) is 27.9 Å². The standard InChI is InChI=1S/C17H27Cl2NO/c1-5-13(6-2)11-21-17-14(10-20-9-12(3)4)7-15(18)8-16(17)19/h7-8,12-13,20H,5-6,9-11H2,1-4H3. The van der Waals surface area contributed by atoms with E-state index in [0.717, 1.165) is 37.2 Å². The maximum Gasteiger partial charge on any atom is 0.142 e. The average molecular weight is 332 g/mol. The molecule has 0 saturated carbocycles. The van der Waals surface area contributed by atoms with Gasteiger partial charge in [0.1, 0.15) is 5.75 Å². The summed E-state index contributed by atoms with van der Waals surface area (Å²) >= 11 is 12.4. The van der Waals surface area contributed by atoms with Crippen LogP contribution in [0.3, 0.4) is 0 Å². The molecule has 4 heteroatoms. The van der Waals surface area contributed by atoms with Crippen molar-refractivity contribution in [3.63, 3.8) is 0 Å². The zero-order valence-electron chi connectivity index (χ0n) is 13.5. The summed E-state index contributed by atoms with van der Waals surface area (Å²) in [6.07, 6.45) is 2.23. The summed E-state index contributed by atoms with van der Waals surface area (Å²) in [5, 5.41) is 4.66. The first kappa shape index (κ1) is 18.6. The largest absolute Gasteiger partial charge is 0.491 e. The number of rotatable bonds is 9. The topological polar surface area (TPSA) is 21.3 Å². The van der Waals surface area contributed by atoms with Crippen LogP contribution in [0.2, 0.25) is 10.0 Å². The third-order valence-corrected chi connectivity index (χ3v) is 4.07. The second-order valence-electron chi connectivity index (χ2n) is 5.89. The van der Waals surface area contributed by atoms with Crippen LogP contribution in [0.1, 0.15) is 46.1 Å². The van der Waals surface area contributed by atoms with Gasteiger partial charge >= 0.3 is 0 Å². The van der Waals surface area contributed by atoms with Crippen LogP contribution in [-0.4, -0.2) is 13.2 Å². The molecule has 0 radical (unpaired) electrons. The highest BCUT2D eigenvalue weighted by atomic mass is 35.5. The maximum atomic E-state index is 6.31. The number of ether oxygens (including phenoxy) is 1. The van der Waals surface area contributed by atoms with Crippen LogP contribution in [0.5, 0.6) is 5.75 Å². The van der Waals surface area contributed by atoms with Crippen molar-refractivity contribution in [1.29, 1.82) is 0 Å². The molecule has 0 spiro atoms. The molecule has 0 bridgehead atoms. The zero-order chi connectivity index (χ0) is 15.8. The second kappa shape index (κ2) is 9.55. The summed E-state index contributed by atoms with van der Waals surface area (Å²) in [7, 11) is 0. The van der Waals surface area contributed by atoms with Gasteiger partial charge in [-0.3, -0.25) is 0 Å². The number of halogens is 2. The van der Waals surface area contributed by atoms with Gasteiger partial charge in [0.25, 0.3) is 0 Å². The van der Waals surface area contributed by atoms with Crippen LogP contribution in [0.4, 0.5) is 0 Å². The summed E-state index contributed by atoms with van der Waals surface area (Å²) in [5.41, 5.74) is 1.03. The first-order valence-electron chi connectivity index (χ1n) is 7.79. The molecule has 0 aliphatic heterocycles. The fourth-order valence-corrected chi connectivity index (χ4v) is 2.72. The highest BCUT2D eigenvalue weighted by molar-refractivity contribution is 6.35. The molecule has 1 N–H and O–H groups in total. The summed E-state index contributed by atoms with van der Waals surface area (Å²) in [6.45, 7) is 11.1. The van der Waals surface area contributed by atoms with E-state index in [-0.39, 0.29) is 0 Å². The Morgan fingerprint density at radius 1 is 1.14 bits per heavy atom. The molecule has 0 atom stereocenters. The number of hydrogen-bond donors (Lipinski definition) is 1. The van der Waals surface area contributed by atoms with E-state index in [1.54, 1.807) is 6.07 Å². The fourth-order valence-electron chi connectivity index (χ4n) is 2.13. The second-order valence-corrected chi connectivity index (χ2v) is 6.74. The normalized spacial score (nSPS) is 11.4. The van der Waals surface area contributed by atoms with Gasteiger partial charge < -0.3 is 10.1 Å². The van der Waals surface area contributed by atoms with Crippen molar-refractivity contribution < 1.29 is 4.74 Å². The predicted molar refractivity (Wildman–Crippen MR) is 92.6 cm³/mol. The Labute approximate surface area is 139 Å². The minimum Gasteiger partial charge on any atom is -0.491 e. The Morgan fingerprint density at radius 2 is 1.81 bits per heavy atom. The highest BCUT2D eigenvalue weighted by Crippen LogP contribution is 2.33. The molecule has 0 saturated heterocycles. The third kappa shape index (κ3) is 6.46. The lowest BCUT2D eigenvalue weighted by Crippen LogP contribution is -2.20. The molecule has 1 aromatic rings. The Balaban J connectivity index is 2.79. The summed E-state index contributed by atoms with van der Waals surface area (Å²) in [5.74, 6) is 1.94. The number of hydrogen-bond acceptors (Lipinski definition) is 2. The van der Waals surface area contributed by atoms with Gasteiger partial charge in [0, 0.05) is 17.1 Å². The van der Waals surface area contributed by atoms with E-state index < -0.39 is 0 Å². The smallest absolute Gasteiger partial charge is 0.142 e. The SMILES string of the molecule is CCC(CC)COc1c(Cl)cc(Cl)cc1CNCC(C)C. The van der Waals surface area contributed by atoms with Gasteiger partial charge in [-0.05, 0) is 30.5 Å². The molecule has 0 heterocycles. The summed E-state index contributed by atoms with van der Waals surface area (Å²) in [4.78, 5) is 0. The van der Waals surface area contributed by atoms with Gasteiger partial charge in [-0.15, -0.1) is 0 Å². The third-order valence-electron chi connectivity index (χ3n) is 3.57. The van der Waals surface area contributed by atoms with E-state index in [2.05, 4.69) is 33.0 Å². The maximum absolute atomic E-state index is 6.31. The van der Waals surface area contributed by atoms with Crippen molar-refractivity contribution in [3.05, 3.63) is 27.7 Å². The molecule has 21 heavy (non-hydrogen) atoms. The van der Waals surface area contributed by atoms with E-state index in [9.17, 15) is 0 Å². The van der Waals surface area contributed by atoms with Gasteiger partial charge in [-0.2, -0.15) is 0 Å². The molecule has 0 aliphatic rings. The zero-order valence-corrected chi connectivity index (χ0v) is 15.0. The van der Waals surface area contributed by atoms with Gasteiger partial charge in [0.05, 0.1) is 11.6 Å². The lowest BCUT2D eigenvalue weighted by atomic mass is 10.1. The molecular formula is C17H27Cl2NO. The molecule has 1 aromatic carbocycles. The quantitative estimate of drug-likeness (QED) is 0.640. The Hall–Kier alpha value is -0.440. The minimum atomic E-state index is 0.563. The van der Waals surface area contributed by atoms with E-state index in [1.807, 2.05) is 6.07 Å². The molecule has 0 aliphatic carbocycles. The molecule has 1 rings (SSSR count). The number of nitrogens with one attached hydrogen (secondary N) is 1. The summed E-state index contributed by atoms with van der Waals surface area (Å²) < 4.78 is 5.99. The van der Waals surface area contributed by atoms with Crippen molar-refractivity contribution in [1.82, 2.24) is 5.32 Å². The molecular weight excluding hydrogens is 305 g/mol. The van der Waals surface area contributed by atoms with Gasteiger partial charge in [-0.25, -0.2) is 0 Å². The Morgan fingerprint density at radius 3 is 2.38 bits per heavy atom. The highest BCUT2D eigenvalue weighted by Gasteiger charge is 2.13. The van der Waals surface area contributed by atoms with Crippen LogP contribution >= 0.6 is 23.2 Å². The molecule has 0 aromatic heterocycles. The first-order valence-corrected chi connectivity index (χ1v) is 8.54. The predicted octanol–water partition coefficient (Wildman–Crippen LogP) is 5.55. The van der Waals surface area contributed by atoms with E-state index in [1.165, 1.54) is 0 Å². The van der Waals surface area contributed by atoms with E-state index >= 15 is 0 Å². The molecule has 120 valence electrons. The van der Waals surface area contributed by atoms with Crippen LogP contribution in [0.15, 0.2) is 12.1 Å². The molecule has 0 unspecified atom stereocenters. The van der Waals surface area contributed by atoms with Gasteiger partial charge in [-0.1, -0.05) is 63.7 Å². The van der Waals surface area contributed by atoms with Gasteiger partial charge in [0.15, 0.2) is 0 Å². The van der Waals surface area contributed by atoms with Gasteiger partial charge in [0.2, 0.25) is 0 Å². The van der Waals surface area contributed by atoms with Crippen LogP contribution in [-0.2, 0) is 6.54 Å². The minimum absolute atomic E-state index is 0.563. The fraction of sp³-hybridized carbons (Fsp3) is 0.647. The monoisotopic (exact) mass is 331 g/mol. The van der Waals surface area contributed by atoms with Crippen LogP contribution < -0.4 is 10.1 Å². The van der Waals surface area contributed by atoms with Crippen molar-refractivity contribution in [2.45, 2.75) is 47.1 Å². The Kier molecular flexibility index (Phi) is 8.46. The lowest BCUT2D eigenvalue weighted by molar-refractivity contribution is 0.238. The molecule has 0 amide bonds. The molecule has 0 fully saturated rings. The van der Waals surface area contributed by atoms with Crippen LogP contribution in [0, 0.1) is 11.8 Å². The Bertz CT molecular complexity index is 431. The van der Waals surface area contributed by atoms with Crippen molar-refractivity contribution in [3.8, 4) is 5.75 Å².